The van der Waals surface area contributed by atoms with Gasteiger partial charge in [-0.3, -0.25) is 0 Å². The van der Waals surface area contributed by atoms with E-state index >= 15 is 0 Å². The third kappa shape index (κ3) is 4.77. The number of nitrogens with zero attached hydrogens (tertiary/aromatic N) is 1. The van der Waals surface area contributed by atoms with Gasteiger partial charge in [-0.05, 0) is 52.7 Å². The van der Waals surface area contributed by atoms with Crippen LogP contribution in [0.2, 0.25) is 0 Å². The summed E-state index contributed by atoms with van der Waals surface area (Å²) in [5.41, 5.74) is -0.431. The third-order valence-electron chi connectivity index (χ3n) is 3.60. The first-order valence-electron chi connectivity index (χ1n) is 7.62. The molecule has 0 radical (unpaired) electrons. The van der Waals surface area contributed by atoms with Crippen molar-refractivity contribution in [2.24, 2.45) is 0 Å². The first kappa shape index (κ1) is 15.9. The maximum Gasteiger partial charge on any atom is 0.410 e. The Hall–Kier alpha value is -1.49. The molecular weight excluding hydrogens is 268 g/mol. The lowest BCUT2D eigenvalue weighted by molar-refractivity contribution is 0.0195. The standard InChI is InChI=1S/C16H26N2O3/c1-12(14-6-5-11-20-14)17-13-7-9-18(10-8-13)15(19)21-16(2,3)4/h5-6,11-13,17H,7-10H2,1-4H3/t12-/m0/s1. The van der Waals surface area contributed by atoms with Gasteiger partial charge in [-0.2, -0.15) is 0 Å². The quantitative estimate of drug-likeness (QED) is 0.929. The SMILES string of the molecule is C[C@H](NC1CCN(C(=O)OC(C)(C)C)CC1)c1ccco1. The molecule has 2 rings (SSSR count). The molecule has 0 bridgehead atoms. The van der Waals surface area contributed by atoms with Crippen molar-refractivity contribution in [3.05, 3.63) is 24.2 Å². The molecule has 0 unspecified atom stereocenters. The van der Waals surface area contributed by atoms with E-state index in [4.69, 9.17) is 9.15 Å². The van der Waals surface area contributed by atoms with Crippen LogP contribution >= 0.6 is 0 Å². The number of carbonyl (C=O) groups is 1. The summed E-state index contributed by atoms with van der Waals surface area (Å²) in [4.78, 5) is 13.8. The Labute approximate surface area is 126 Å². The number of rotatable bonds is 3. The average molecular weight is 294 g/mol. The second kappa shape index (κ2) is 6.52. The van der Waals surface area contributed by atoms with Crippen molar-refractivity contribution in [1.82, 2.24) is 10.2 Å². The van der Waals surface area contributed by atoms with Crippen LogP contribution in [0.4, 0.5) is 4.79 Å². The summed E-state index contributed by atoms with van der Waals surface area (Å²) < 4.78 is 10.8. The van der Waals surface area contributed by atoms with Crippen molar-refractivity contribution < 1.29 is 13.9 Å². The van der Waals surface area contributed by atoms with E-state index in [1.807, 2.05) is 32.9 Å². The fourth-order valence-corrected chi connectivity index (χ4v) is 2.53. The van der Waals surface area contributed by atoms with E-state index in [1.54, 1.807) is 11.2 Å². The largest absolute Gasteiger partial charge is 0.468 e. The number of ether oxygens (including phenoxy) is 1. The zero-order chi connectivity index (χ0) is 15.5. The van der Waals surface area contributed by atoms with E-state index in [0.717, 1.165) is 31.7 Å². The molecule has 1 fully saturated rings. The van der Waals surface area contributed by atoms with Gasteiger partial charge in [0.15, 0.2) is 0 Å². The van der Waals surface area contributed by atoms with Crippen LogP contribution in [0.1, 0.15) is 52.3 Å². The maximum absolute atomic E-state index is 12.0. The van der Waals surface area contributed by atoms with E-state index < -0.39 is 5.60 Å². The van der Waals surface area contributed by atoms with E-state index in [0.29, 0.717) is 6.04 Å². The lowest BCUT2D eigenvalue weighted by atomic mass is 10.0. The number of nitrogens with one attached hydrogen (secondary N) is 1. The Kier molecular flexibility index (Phi) is 4.93. The Bertz CT molecular complexity index is 443. The summed E-state index contributed by atoms with van der Waals surface area (Å²) in [5, 5.41) is 3.56. The number of likely N-dealkylation sites (tertiary alicyclic amines) is 1. The van der Waals surface area contributed by atoms with Crippen molar-refractivity contribution >= 4 is 6.09 Å². The molecule has 21 heavy (non-hydrogen) atoms. The van der Waals surface area contributed by atoms with Gasteiger partial charge < -0.3 is 19.4 Å². The minimum absolute atomic E-state index is 0.193. The highest BCUT2D eigenvalue weighted by Crippen LogP contribution is 2.19. The summed E-state index contributed by atoms with van der Waals surface area (Å²) in [6.07, 6.45) is 3.35. The predicted molar refractivity (Wildman–Crippen MR) is 81.1 cm³/mol. The molecule has 1 saturated heterocycles. The van der Waals surface area contributed by atoms with Gasteiger partial charge in [-0.1, -0.05) is 0 Å². The summed E-state index contributed by atoms with van der Waals surface area (Å²) in [6.45, 7) is 9.24. The summed E-state index contributed by atoms with van der Waals surface area (Å²) in [7, 11) is 0. The number of carbonyl (C=O) groups excluding carboxylic acids is 1. The molecule has 0 spiro atoms. The van der Waals surface area contributed by atoms with Crippen molar-refractivity contribution in [1.29, 1.82) is 0 Å². The molecule has 0 aromatic carbocycles. The molecule has 1 aromatic rings. The Morgan fingerprint density at radius 2 is 2.10 bits per heavy atom. The molecule has 1 aliphatic rings. The van der Waals surface area contributed by atoms with Gasteiger partial charge in [0, 0.05) is 19.1 Å². The summed E-state index contributed by atoms with van der Waals surface area (Å²) in [6, 6.07) is 4.48. The van der Waals surface area contributed by atoms with Crippen LogP contribution in [0.3, 0.4) is 0 Å². The molecule has 118 valence electrons. The van der Waals surface area contributed by atoms with Crippen LogP contribution in [0.25, 0.3) is 0 Å². The monoisotopic (exact) mass is 294 g/mol. The summed E-state index contributed by atoms with van der Waals surface area (Å²) >= 11 is 0. The van der Waals surface area contributed by atoms with Crippen LogP contribution in [-0.4, -0.2) is 35.7 Å². The molecule has 5 heteroatoms. The highest BCUT2D eigenvalue weighted by Gasteiger charge is 2.27. The van der Waals surface area contributed by atoms with Gasteiger partial charge in [0.2, 0.25) is 0 Å². The van der Waals surface area contributed by atoms with E-state index in [1.165, 1.54) is 0 Å². The van der Waals surface area contributed by atoms with Gasteiger partial charge in [0.05, 0.1) is 12.3 Å². The smallest absolute Gasteiger partial charge is 0.410 e. The van der Waals surface area contributed by atoms with Crippen LogP contribution in [-0.2, 0) is 4.74 Å². The Morgan fingerprint density at radius 3 is 2.62 bits per heavy atom. The highest BCUT2D eigenvalue weighted by atomic mass is 16.6. The molecule has 1 amide bonds. The van der Waals surface area contributed by atoms with Crippen LogP contribution < -0.4 is 5.32 Å². The molecule has 2 heterocycles. The molecule has 1 aromatic heterocycles. The molecule has 5 nitrogen and oxygen atoms in total. The summed E-state index contributed by atoms with van der Waals surface area (Å²) in [5.74, 6) is 0.949. The molecule has 1 atom stereocenters. The van der Waals surface area contributed by atoms with E-state index in [-0.39, 0.29) is 12.1 Å². The number of amides is 1. The average Bonchev–Trinajstić information content (AvgIpc) is 2.91. The Morgan fingerprint density at radius 1 is 1.43 bits per heavy atom. The zero-order valence-electron chi connectivity index (χ0n) is 13.4. The predicted octanol–water partition coefficient (Wildman–Crippen LogP) is 3.33. The number of piperidine rings is 1. The van der Waals surface area contributed by atoms with Crippen LogP contribution in [0.15, 0.2) is 22.8 Å². The molecular formula is C16H26N2O3. The minimum Gasteiger partial charge on any atom is -0.468 e. The first-order valence-corrected chi connectivity index (χ1v) is 7.62. The molecule has 1 N–H and O–H groups in total. The van der Waals surface area contributed by atoms with E-state index in [9.17, 15) is 4.79 Å². The lowest BCUT2D eigenvalue weighted by Crippen LogP contribution is -2.46. The van der Waals surface area contributed by atoms with Crippen LogP contribution in [0, 0.1) is 0 Å². The van der Waals surface area contributed by atoms with Gasteiger partial charge in [0.25, 0.3) is 0 Å². The number of furan rings is 1. The molecule has 0 aliphatic carbocycles. The Balaban J connectivity index is 1.77. The highest BCUT2D eigenvalue weighted by molar-refractivity contribution is 5.68. The fourth-order valence-electron chi connectivity index (χ4n) is 2.53. The fraction of sp³-hybridized carbons (Fsp3) is 0.688. The molecule has 0 saturated carbocycles. The van der Waals surface area contributed by atoms with Crippen molar-refractivity contribution in [3.63, 3.8) is 0 Å². The van der Waals surface area contributed by atoms with Gasteiger partial charge in [-0.25, -0.2) is 4.79 Å². The van der Waals surface area contributed by atoms with Crippen molar-refractivity contribution in [2.45, 2.75) is 58.2 Å². The maximum atomic E-state index is 12.0. The van der Waals surface area contributed by atoms with Crippen LogP contribution in [0.5, 0.6) is 0 Å². The van der Waals surface area contributed by atoms with Crippen molar-refractivity contribution in [2.75, 3.05) is 13.1 Å². The molecule has 1 aliphatic heterocycles. The second-order valence-electron chi connectivity index (χ2n) is 6.65. The van der Waals surface area contributed by atoms with Crippen molar-refractivity contribution in [3.8, 4) is 0 Å². The second-order valence-corrected chi connectivity index (χ2v) is 6.65. The first-order chi connectivity index (χ1) is 9.85. The third-order valence-corrected chi connectivity index (χ3v) is 3.60. The van der Waals surface area contributed by atoms with Gasteiger partial charge >= 0.3 is 6.09 Å². The lowest BCUT2D eigenvalue weighted by Gasteiger charge is -2.34. The van der Waals surface area contributed by atoms with E-state index in [2.05, 4.69) is 12.2 Å². The topological polar surface area (TPSA) is 54.7 Å². The van der Waals surface area contributed by atoms with Gasteiger partial charge in [0.1, 0.15) is 11.4 Å². The van der Waals surface area contributed by atoms with Gasteiger partial charge in [-0.15, -0.1) is 0 Å². The number of hydrogen-bond acceptors (Lipinski definition) is 4. The zero-order valence-corrected chi connectivity index (χ0v) is 13.4. The minimum atomic E-state index is -0.431. The number of hydrogen-bond donors (Lipinski definition) is 1. The normalized spacial score (nSPS) is 18.6.